The van der Waals surface area contributed by atoms with Gasteiger partial charge in [0, 0.05) is 11.8 Å². The van der Waals surface area contributed by atoms with Gasteiger partial charge < -0.3 is 14.6 Å². The van der Waals surface area contributed by atoms with E-state index in [0.29, 0.717) is 18.3 Å². The van der Waals surface area contributed by atoms with Crippen LogP contribution in [0.15, 0.2) is 11.3 Å². The smallest absolute Gasteiger partial charge is 0.307 e. The van der Waals surface area contributed by atoms with Crippen molar-refractivity contribution in [1.82, 2.24) is 0 Å². The lowest BCUT2D eigenvalue weighted by Crippen LogP contribution is -2.46. The maximum atomic E-state index is 12.0. The Morgan fingerprint density at radius 3 is 2.28 bits per heavy atom. The van der Waals surface area contributed by atoms with Gasteiger partial charge in [0.05, 0.1) is 27.2 Å². The SMILES string of the molecule is CC[C@@H](C(=O)O)[C@@H]1CC[C@@H](C)[C@H](CCC2(C)OCC(C)(C)CO2)/C1=C\[Si](C)(C)C. The van der Waals surface area contributed by atoms with Crippen molar-refractivity contribution in [3.63, 3.8) is 0 Å². The van der Waals surface area contributed by atoms with Crippen LogP contribution < -0.4 is 0 Å². The van der Waals surface area contributed by atoms with Crippen molar-refractivity contribution in [2.24, 2.45) is 29.1 Å². The van der Waals surface area contributed by atoms with Crippen molar-refractivity contribution in [1.29, 1.82) is 0 Å². The predicted molar refractivity (Wildman–Crippen MR) is 122 cm³/mol. The van der Waals surface area contributed by atoms with E-state index < -0.39 is 19.8 Å². The Bertz CT molecular complexity index is 594. The highest BCUT2D eigenvalue weighted by atomic mass is 28.3. The summed E-state index contributed by atoms with van der Waals surface area (Å²) < 4.78 is 12.3. The minimum atomic E-state index is -1.47. The quantitative estimate of drug-likeness (QED) is 0.499. The normalized spacial score (nSPS) is 32.1. The monoisotopic (exact) mass is 424 g/mol. The Balaban J connectivity index is 2.24. The van der Waals surface area contributed by atoms with E-state index in [1.807, 2.05) is 6.92 Å². The third kappa shape index (κ3) is 6.66. The van der Waals surface area contributed by atoms with Gasteiger partial charge >= 0.3 is 5.97 Å². The molecule has 0 aromatic carbocycles. The molecule has 0 bridgehead atoms. The zero-order valence-corrected chi connectivity index (χ0v) is 21.0. The maximum Gasteiger partial charge on any atom is 0.307 e. The summed E-state index contributed by atoms with van der Waals surface area (Å²) in [5.74, 6) is -0.266. The summed E-state index contributed by atoms with van der Waals surface area (Å²) in [7, 11) is -1.47. The summed E-state index contributed by atoms with van der Waals surface area (Å²) in [5, 5.41) is 9.86. The number of carbonyl (C=O) groups is 1. The zero-order chi connectivity index (χ0) is 22.0. The Morgan fingerprint density at radius 2 is 1.79 bits per heavy atom. The van der Waals surface area contributed by atoms with Crippen molar-refractivity contribution >= 4 is 14.0 Å². The topological polar surface area (TPSA) is 55.8 Å². The molecule has 0 amide bonds. The summed E-state index contributed by atoms with van der Waals surface area (Å²) in [5.41, 5.74) is 4.01. The number of carboxylic acid groups (broad SMARTS) is 1. The number of hydrogen-bond donors (Lipinski definition) is 1. The largest absolute Gasteiger partial charge is 0.481 e. The molecule has 0 radical (unpaired) electrons. The zero-order valence-electron chi connectivity index (χ0n) is 20.0. The molecular weight excluding hydrogens is 380 g/mol. The first-order valence-corrected chi connectivity index (χ1v) is 15.1. The number of ether oxygens (including phenoxy) is 2. The number of carboxylic acids is 1. The number of aliphatic carboxylic acids is 1. The second kappa shape index (κ2) is 9.23. The molecular formula is C24H44O4Si. The summed E-state index contributed by atoms with van der Waals surface area (Å²) in [4.78, 5) is 12.0. The lowest BCUT2D eigenvalue weighted by Gasteiger charge is -2.44. The van der Waals surface area contributed by atoms with Crippen LogP contribution in [-0.2, 0) is 14.3 Å². The van der Waals surface area contributed by atoms with E-state index >= 15 is 0 Å². The molecule has 2 rings (SSSR count). The first-order chi connectivity index (χ1) is 13.3. The maximum absolute atomic E-state index is 12.0. The molecule has 1 aliphatic carbocycles. The van der Waals surface area contributed by atoms with Gasteiger partial charge in [-0.15, -0.1) is 0 Å². The second-order valence-corrected chi connectivity index (χ2v) is 16.6. The van der Waals surface area contributed by atoms with Gasteiger partial charge in [0.1, 0.15) is 0 Å². The van der Waals surface area contributed by atoms with E-state index in [4.69, 9.17) is 9.47 Å². The Kier molecular flexibility index (Phi) is 7.84. The average Bonchev–Trinajstić information content (AvgIpc) is 2.58. The predicted octanol–water partition coefficient (Wildman–Crippen LogP) is 6.13. The van der Waals surface area contributed by atoms with Crippen LogP contribution in [0.2, 0.25) is 19.6 Å². The molecule has 168 valence electrons. The van der Waals surface area contributed by atoms with Gasteiger partial charge in [-0.2, -0.15) is 0 Å². The van der Waals surface area contributed by atoms with Crippen molar-refractivity contribution in [2.75, 3.05) is 13.2 Å². The van der Waals surface area contributed by atoms with E-state index in [-0.39, 0.29) is 17.3 Å². The number of allylic oxidation sites excluding steroid dienone is 1. The van der Waals surface area contributed by atoms with Crippen molar-refractivity contribution in [2.45, 2.75) is 92.2 Å². The van der Waals surface area contributed by atoms with Crippen molar-refractivity contribution in [3.8, 4) is 0 Å². The highest BCUT2D eigenvalue weighted by molar-refractivity contribution is 6.81. The van der Waals surface area contributed by atoms with Gasteiger partial charge in [-0.1, -0.05) is 58.6 Å². The minimum absolute atomic E-state index is 0.0709. The number of rotatable bonds is 7. The standard InChI is InChI=1S/C24H44O4Si/c1-9-18(22(25)26)20-11-10-17(2)19(21(20)14-29(6,7)8)12-13-24(5)27-15-23(3,4)16-28-24/h14,17-20H,9-13,15-16H2,1-8H3,(H,25,26)/b21-14+/t17-,18-,19+,20+/m1/s1. The average molecular weight is 425 g/mol. The molecule has 2 fully saturated rings. The first-order valence-electron chi connectivity index (χ1n) is 11.5. The fraction of sp³-hybridized carbons (Fsp3) is 0.875. The summed E-state index contributed by atoms with van der Waals surface area (Å²) in [6.07, 6.45) is 4.66. The molecule has 1 saturated carbocycles. The Hall–Kier alpha value is -0.653. The van der Waals surface area contributed by atoms with Gasteiger partial charge in [-0.05, 0) is 50.4 Å². The van der Waals surface area contributed by atoms with E-state index in [9.17, 15) is 9.90 Å². The van der Waals surface area contributed by atoms with Gasteiger partial charge in [-0.25, -0.2) is 0 Å². The van der Waals surface area contributed by atoms with Gasteiger partial charge in [0.2, 0.25) is 0 Å². The number of hydrogen-bond acceptors (Lipinski definition) is 3. The highest BCUT2D eigenvalue weighted by Crippen LogP contribution is 2.46. The van der Waals surface area contributed by atoms with Gasteiger partial charge in [0.25, 0.3) is 0 Å². The minimum Gasteiger partial charge on any atom is -0.481 e. The highest BCUT2D eigenvalue weighted by Gasteiger charge is 2.42. The van der Waals surface area contributed by atoms with E-state index in [1.165, 1.54) is 5.57 Å². The molecule has 0 aromatic rings. The summed E-state index contributed by atoms with van der Waals surface area (Å²) >= 11 is 0. The first kappa shape index (κ1) is 24.6. The van der Waals surface area contributed by atoms with Crippen LogP contribution in [0.4, 0.5) is 0 Å². The Labute approximate surface area is 179 Å². The van der Waals surface area contributed by atoms with Crippen LogP contribution in [-0.4, -0.2) is 38.2 Å². The molecule has 0 aromatic heterocycles. The molecule has 1 saturated heterocycles. The third-order valence-electron chi connectivity index (χ3n) is 6.76. The molecule has 29 heavy (non-hydrogen) atoms. The molecule has 1 aliphatic heterocycles. The van der Waals surface area contributed by atoms with Crippen LogP contribution >= 0.6 is 0 Å². The van der Waals surface area contributed by atoms with Crippen LogP contribution in [0.5, 0.6) is 0 Å². The molecule has 4 nitrogen and oxygen atoms in total. The molecule has 4 atom stereocenters. The van der Waals surface area contributed by atoms with Crippen molar-refractivity contribution < 1.29 is 19.4 Å². The van der Waals surface area contributed by atoms with E-state index in [1.54, 1.807) is 0 Å². The van der Waals surface area contributed by atoms with E-state index in [2.05, 4.69) is 53.0 Å². The molecule has 1 heterocycles. The van der Waals surface area contributed by atoms with Crippen LogP contribution in [0.1, 0.15) is 66.7 Å². The molecule has 1 N–H and O–H groups in total. The molecule has 5 heteroatoms. The van der Waals surface area contributed by atoms with Crippen molar-refractivity contribution in [3.05, 3.63) is 11.3 Å². The second-order valence-electron chi connectivity index (χ2n) is 11.5. The van der Waals surface area contributed by atoms with Gasteiger partial charge in [-0.3, -0.25) is 4.79 Å². The molecule has 0 spiro atoms. The van der Waals surface area contributed by atoms with Gasteiger partial charge in [0.15, 0.2) is 5.79 Å². The Morgan fingerprint density at radius 1 is 1.21 bits per heavy atom. The van der Waals surface area contributed by atoms with Crippen LogP contribution in [0.3, 0.4) is 0 Å². The van der Waals surface area contributed by atoms with Crippen LogP contribution in [0, 0.1) is 29.1 Å². The van der Waals surface area contributed by atoms with E-state index in [0.717, 1.165) is 38.9 Å². The molecule has 0 unspecified atom stereocenters. The summed E-state index contributed by atoms with van der Waals surface area (Å²) in [6.45, 7) is 19.3. The summed E-state index contributed by atoms with van der Waals surface area (Å²) in [6, 6.07) is 0. The third-order valence-corrected chi connectivity index (χ3v) is 7.96. The lowest BCUT2D eigenvalue weighted by molar-refractivity contribution is -0.293. The lowest BCUT2D eigenvalue weighted by atomic mass is 9.65. The molecule has 2 aliphatic rings. The van der Waals surface area contributed by atoms with Crippen LogP contribution in [0.25, 0.3) is 0 Å². The fourth-order valence-electron chi connectivity index (χ4n) is 4.99. The fourth-order valence-corrected chi connectivity index (χ4v) is 6.41.